The van der Waals surface area contributed by atoms with E-state index in [0.717, 1.165) is 5.56 Å². The first-order chi connectivity index (χ1) is 9.06. The van der Waals surface area contributed by atoms with Crippen LogP contribution in [-0.2, 0) is 0 Å². The van der Waals surface area contributed by atoms with Gasteiger partial charge in [0.15, 0.2) is 5.11 Å². The van der Waals surface area contributed by atoms with Crippen molar-refractivity contribution in [3.05, 3.63) is 23.8 Å². The van der Waals surface area contributed by atoms with Crippen molar-refractivity contribution in [2.75, 3.05) is 5.32 Å². The number of thiocarbonyl (C=S) groups is 1. The average Bonchev–Trinajstić information content (AvgIpc) is 2.36. The van der Waals surface area contributed by atoms with Gasteiger partial charge in [-0.1, -0.05) is 25.8 Å². The molecule has 0 amide bonds. The first-order valence-corrected chi connectivity index (χ1v) is 7.34. The van der Waals surface area contributed by atoms with Crippen LogP contribution in [0.25, 0.3) is 0 Å². The third-order valence-corrected chi connectivity index (χ3v) is 4.05. The first-order valence-electron chi connectivity index (χ1n) is 6.93. The Morgan fingerprint density at radius 1 is 1.32 bits per heavy atom. The molecule has 1 aromatic carbocycles. The molecule has 1 aliphatic carbocycles. The topological polar surface area (TPSA) is 44.3 Å². The Kier molecular flexibility index (Phi) is 4.64. The summed E-state index contributed by atoms with van der Waals surface area (Å²) in [5, 5.41) is 16.9. The van der Waals surface area contributed by atoms with Gasteiger partial charge in [-0.25, -0.2) is 0 Å². The maximum Gasteiger partial charge on any atom is 0.171 e. The Morgan fingerprint density at radius 3 is 2.74 bits per heavy atom. The number of aromatic hydroxyl groups is 1. The number of hydrogen-bond acceptors (Lipinski definition) is 2. The zero-order chi connectivity index (χ0) is 13.8. The maximum absolute atomic E-state index is 9.85. The number of benzene rings is 1. The fraction of sp³-hybridized carbons (Fsp3) is 0.533. The van der Waals surface area contributed by atoms with Crippen molar-refractivity contribution >= 4 is 23.0 Å². The lowest BCUT2D eigenvalue weighted by Gasteiger charge is -2.30. The van der Waals surface area contributed by atoms with Crippen LogP contribution >= 0.6 is 12.2 Å². The fourth-order valence-electron chi connectivity index (χ4n) is 2.60. The number of rotatable bonds is 2. The standard InChI is InChI=1S/C15H22N2OS/c1-10-7-8-13(14(18)9-10)17-15(19)16-12-6-4-3-5-11(12)2/h7-9,11-12,18H,3-6H2,1-2H3,(H2,16,17,19)/t11-,12-/m0/s1. The van der Waals surface area contributed by atoms with Gasteiger partial charge in [-0.3, -0.25) is 0 Å². The van der Waals surface area contributed by atoms with E-state index < -0.39 is 0 Å². The van der Waals surface area contributed by atoms with Gasteiger partial charge >= 0.3 is 0 Å². The van der Waals surface area contributed by atoms with Crippen LogP contribution in [0.5, 0.6) is 5.75 Å². The number of nitrogens with one attached hydrogen (secondary N) is 2. The molecule has 0 saturated heterocycles. The third kappa shape index (κ3) is 3.83. The van der Waals surface area contributed by atoms with E-state index in [4.69, 9.17) is 12.2 Å². The Morgan fingerprint density at radius 2 is 2.05 bits per heavy atom. The average molecular weight is 278 g/mol. The highest BCUT2D eigenvalue weighted by atomic mass is 32.1. The van der Waals surface area contributed by atoms with E-state index >= 15 is 0 Å². The number of hydrogen-bond donors (Lipinski definition) is 3. The lowest BCUT2D eigenvalue weighted by atomic mass is 9.86. The van der Waals surface area contributed by atoms with Crippen molar-refractivity contribution in [1.82, 2.24) is 5.32 Å². The zero-order valence-electron chi connectivity index (χ0n) is 11.6. The molecule has 2 rings (SSSR count). The van der Waals surface area contributed by atoms with Crippen LogP contribution in [0.3, 0.4) is 0 Å². The molecule has 0 aliphatic heterocycles. The number of phenols is 1. The quantitative estimate of drug-likeness (QED) is 0.571. The van der Waals surface area contributed by atoms with Gasteiger partial charge in [0.05, 0.1) is 5.69 Å². The zero-order valence-corrected chi connectivity index (χ0v) is 12.4. The summed E-state index contributed by atoms with van der Waals surface area (Å²) in [6.07, 6.45) is 5.01. The van der Waals surface area contributed by atoms with Gasteiger partial charge in [-0.2, -0.15) is 0 Å². The molecule has 0 aromatic heterocycles. The highest BCUT2D eigenvalue weighted by molar-refractivity contribution is 7.80. The van der Waals surface area contributed by atoms with Crippen LogP contribution < -0.4 is 10.6 Å². The highest BCUT2D eigenvalue weighted by Gasteiger charge is 2.21. The molecule has 19 heavy (non-hydrogen) atoms. The number of anilines is 1. The molecule has 2 atom stereocenters. The normalized spacial score (nSPS) is 22.8. The van der Waals surface area contributed by atoms with Gasteiger partial charge in [0.1, 0.15) is 5.75 Å². The Balaban J connectivity index is 1.93. The second-order valence-electron chi connectivity index (χ2n) is 5.49. The van der Waals surface area contributed by atoms with Crippen LogP contribution in [0.1, 0.15) is 38.2 Å². The molecular formula is C15H22N2OS. The molecule has 104 valence electrons. The van der Waals surface area contributed by atoms with Crippen LogP contribution in [0.4, 0.5) is 5.69 Å². The van der Waals surface area contributed by atoms with Gasteiger partial charge in [0.25, 0.3) is 0 Å². The lowest BCUT2D eigenvalue weighted by molar-refractivity contribution is 0.309. The van der Waals surface area contributed by atoms with Crippen LogP contribution in [0.15, 0.2) is 18.2 Å². The molecule has 1 aliphatic rings. The van der Waals surface area contributed by atoms with Crippen LogP contribution in [0.2, 0.25) is 0 Å². The Bertz CT molecular complexity index is 461. The smallest absolute Gasteiger partial charge is 0.171 e. The molecule has 0 heterocycles. The number of aryl methyl sites for hydroxylation is 1. The molecule has 1 aromatic rings. The second kappa shape index (κ2) is 6.24. The summed E-state index contributed by atoms with van der Waals surface area (Å²) < 4.78 is 0. The predicted octanol–water partition coefficient (Wildman–Crippen LogP) is 3.57. The van der Waals surface area contributed by atoms with E-state index in [1.807, 2.05) is 19.1 Å². The van der Waals surface area contributed by atoms with Gasteiger partial charge in [0.2, 0.25) is 0 Å². The summed E-state index contributed by atoms with van der Waals surface area (Å²) >= 11 is 5.33. The summed E-state index contributed by atoms with van der Waals surface area (Å²) in [6, 6.07) is 5.98. The molecule has 0 bridgehead atoms. The van der Waals surface area contributed by atoms with Crippen molar-refractivity contribution in [2.45, 2.75) is 45.6 Å². The van der Waals surface area contributed by atoms with Gasteiger partial charge in [-0.05, 0) is 55.6 Å². The van der Waals surface area contributed by atoms with E-state index in [1.54, 1.807) is 6.07 Å². The number of phenolic OH excluding ortho intramolecular Hbond substituents is 1. The SMILES string of the molecule is Cc1ccc(NC(=S)N[C@H]2CCCC[C@@H]2C)c(O)c1. The van der Waals surface area contributed by atoms with E-state index in [1.165, 1.54) is 25.7 Å². The molecule has 0 spiro atoms. The minimum absolute atomic E-state index is 0.237. The van der Waals surface area contributed by atoms with Crippen molar-refractivity contribution in [3.63, 3.8) is 0 Å². The van der Waals surface area contributed by atoms with Crippen molar-refractivity contribution in [3.8, 4) is 5.75 Å². The Labute approximate surface area is 120 Å². The van der Waals surface area contributed by atoms with Gasteiger partial charge in [-0.15, -0.1) is 0 Å². The second-order valence-corrected chi connectivity index (χ2v) is 5.90. The first kappa shape index (κ1) is 14.1. The van der Waals surface area contributed by atoms with Gasteiger partial charge < -0.3 is 15.7 Å². The molecule has 0 unspecified atom stereocenters. The van der Waals surface area contributed by atoms with Crippen molar-refractivity contribution < 1.29 is 5.11 Å². The summed E-state index contributed by atoms with van der Waals surface area (Å²) in [5.74, 6) is 0.890. The molecule has 0 radical (unpaired) electrons. The molecule has 3 nitrogen and oxygen atoms in total. The monoisotopic (exact) mass is 278 g/mol. The lowest BCUT2D eigenvalue weighted by Crippen LogP contribution is -2.43. The van der Waals surface area contributed by atoms with Crippen molar-refractivity contribution in [1.29, 1.82) is 0 Å². The molecule has 1 fully saturated rings. The molecule has 3 N–H and O–H groups in total. The minimum atomic E-state index is 0.237. The fourth-order valence-corrected chi connectivity index (χ4v) is 2.87. The molecule has 1 saturated carbocycles. The summed E-state index contributed by atoms with van der Waals surface area (Å²) in [7, 11) is 0. The summed E-state index contributed by atoms with van der Waals surface area (Å²) in [5.41, 5.74) is 1.69. The van der Waals surface area contributed by atoms with Crippen molar-refractivity contribution in [2.24, 2.45) is 5.92 Å². The predicted molar refractivity (Wildman–Crippen MR) is 83.6 cm³/mol. The summed E-state index contributed by atoms with van der Waals surface area (Å²) in [4.78, 5) is 0. The van der Waals surface area contributed by atoms with Crippen LogP contribution in [0, 0.1) is 12.8 Å². The molecule has 4 heteroatoms. The molecular weight excluding hydrogens is 256 g/mol. The van der Waals surface area contributed by atoms with E-state index in [0.29, 0.717) is 22.8 Å². The largest absolute Gasteiger partial charge is 0.506 e. The Hall–Kier alpha value is -1.29. The van der Waals surface area contributed by atoms with Gasteiger partial charge in [0, 0.05) is 6.04 Å². The summed E-state index contributed by atoms with van der Waals surface area (Å²) in [6.45, 7) is 4.21. The van der Waals surface area contributed by atoms with E-state index in [2.05, 4.69) is 17.6 Å². The van der Waals surface area contributed by atoms with Crippen LogP contribution in [-0.4, -0.2) is 16.3 Å². The minimum Gasteiger partial charge on any atom is -0.506 e. The third-order valence-electron chi connectivity index (χ3n) is 3.83. The highest BCUT2D eigenvalue weighted by Crippen LogP contribution is 2.25. The van der Waals surface area contributed by atoms with E-state index in [-0.39, 0.29) is 5.75 Å². The maximum atomic E-state index is 9.85. The van der Waals surface area contributed by atoms with E-state index in [9.17, 15) is 5.11 Å².